The van der Waals surface area contributed by atoms with Crippen LogP contribution in [0.1, 0.15) is 34.0 Å². The number of sulfonamides is 1. The normalized spacial score (nSPS) is 11.1. The minimum atomic E-state index is -3.84. The Hall–Kier alpha value is -3.32. The highest BCUT2D eigenvalue weighted by Crippen LogP contribution is 2.21. The second-order valence-electron chi connectivity index (χ2n) is 7.21. The summed E-state index contributed by atoms with van der Waals surface area (Å²) in [5, 5.41) is 2.83. The molecule has 0 aliphatic heterocycles. The molecule has 3 aromatic rings. The van der Waals surface area contributed by atoms with E-state index < -0.39 is 10.0 Å². The van der Waals surface area contributed by atoms with Crippen molar-refractivity contribution in [2.24, 2.45) is 0 Å². The van der Waals surface area contributed by atoms with E-state index in [1.807, 2.05) is 50.2 Å². The van der Waals surface area contributed by atoms with E-state index in [9.17, 15) is 13.2 Å². The van der Waals surface area contributed by atoms with Crippen molar-refractivity contribution in [2.75, 3.05) is 11.3 Å². The lowest BCUT2D eigenvalue weighted by molar-refractivity contribution is 0.0950. The van der Waals surface area contributed by atoms with Gasteiger partial charge in [-0.05, 0) is 68.3 Å². The zero-order valence-corrected chi connectivity index (χ0v) is 18.6. The third-order valence-electron chi connectivity index (χ3n) is 4.71. The second-order valence-corrected chi connectivity index (χ2v) is 8.87. The van der Waals surface area contributed by atoms with Gasteiger partial charge >= 0.3 is 0 Å². The number of rotatable bonds is 8. The van der Waals surface area contributed by atoms with Crippen LogP contribution in [0.3, 0.4) is 0 Å². The van der Waals surface area contributed by atoms with E-state index in [0.717, 1.165) is 16.9 Å². The quantitative estimate of drug-likeness (QED) is 0.545. The van der Waals surface area contributed by atoms with E-state index in [-0.39, 0.29) is 16.4 Å². The molecule has 1 amide bonds. The van der Waals surface area contributed by atoms with E-state index in [1.54, 1.807) is 31.2 Å². The topological polar surface area (TPSA) is 84.5 Å². The Morgan fingerprint density at radius 3 is 2.42 bits per heavy atom. The van der Waals surface area contributed by atoms with Crippen LogP contribution >= 0.6 is 0 Å². The highest BCUT2D eigenvalue weighted by molar-refractivity contribution is 7.92. The SMILES string of the molecule is CCOc1cccc(CNC(=O)c2ccc(C)c(S(=O)(=O)Nc3ccc(C)cc3)c2)c1. The molecule has 0 spiro atoms. The van der Waals surface area contributed by atoms with Gasteiger partial charge in [-0.15, -0.1) is 0 Å². The highest BCUT2D eigenvalue weighted by atomic mass is 32.2. The molecule has 0 saturated heterocycles. The van der Waals surface area contributed by atoms with Crippen molar-refractivity contribution >= 4 is 21.6 Å². The number of carbonyl (C=O) groups excluding carboxylic acids is 1. The zero-order chi connectivity index (χ0) is 22.4. The molecule has 7 heteroatoms. The van der Waals surface area contributed by atoms with Crippen molar-refractivity contribution in [3.63, 3.8) is 0 Å². The molecule has 162 valence electrons. The molecule has 0 fully saturated rings. The molecule has 0 aromatic heterocycles. The van der Waals surface area contributed by atoms with Crippen LogP contribution in [-0.2, 0) is 16.6 Å². The van der Waals surface area contributed by atoms with Crippen LogP contribution in [0.15, 0.2) is 71.6 Å². The summed E-state index contributed by atoms with van der Waals surface area (Å²) in [7, 11) is -3.84. The fourth-order valence-electron chi connectivity index (χ4n) is 3.06. The minimum absolute atomic E-state index is 0.0686. The maximum Gasteiger partial charge on any atom is 0.262 e. The number of hydrogen-bond acceptors (Lipinski definition) is 4. The molecule has 0 unspecified atom stereocenters. The summed E-state index contributed by atoms with van der Waals surface area (Å²) in [5.41, 5.74) is 3.22. The minimum Gasteiger partial charge on any atom is -0.494 e. The van der Waals surface area contributed by atoms with Gasteiger partial charge in [-0.3, -0.25) is 9.52 Å². The maximum atomic E-state index is 12.9. The molecule has 2 N–H and O–H groups in total. The number of nitrogens with one attached hydrogen (secondary N) is 2. The molecule has 0 atom stereocenters. The molecule has 3 rings (SSSR count). The molecule has 0 bridgehead atoms. The monoisotopic (exact) mass is 438 g/mol. The van der Waals surface area contributed by atoms with Crippen LogP contribution in [0.2, 0.25) is 0 Å². The zero-order valence-electron chi connectivity index (χ0n) is 17.8. The number of hydrogen-bond donors (Lipinski definition) is 2. The van der Waals surface area contributed by atoms with E-state index in [0.29, 0.717) is 24.4 Å². The summed E-state index contributed by atoms with van der Waals surface area (Å²) in [5.74, 6) is 0.383. The number of benzene rings is 3. The fraction of sp³-hybridized carbons (Fsp3) is 0.208. The fourth-order valence-corrected chi connectivity index (χ4v) is 4.39. The Morgan fingerprint density at radius 1 is 0.968 bits per heavy atom. The largest absolute Gasteiger partial charge is 0.494 e. The van der Waals surface area contributed by atoms with Crippen molar-refractivity contribution in [3.05, 3.63) is 89.0 Å². The van der Waals surface area contributed by atoms with E-state index in [2.05, 4.69) is 10.0 Å². The Labute approximate surface area is 183 Å². The Morgan fingerprint density at radius 2 is 1.71 bits per heavy atom. The predicted molar refractivity (Wildman–Crippen MR) is 122 cm³/mol. The van der Waals surface area contributed by atoms with Crippen LogP contribution in [0.4, 0.5) is 5.69 Å². The van der Waals surface area contributed by atoms with Crippen molar-refractivity contribution in [1.82, 2.24) is 5.32 Å². The van der Waals surface area contributed by atoms with Crippen molar-refractivity contribution < 1.29 is 17.9 Å². The first kappa shape index (κ1) is 22.4. The number of ether oxygens (including phenoxy) is 1. The lowest BCUT2D eigenvalue weighted by atomic mass is 10.1. The lowest BCUT2D eigenvalue weighted by Crippen LogP contribution is -2.23. The van der Waals surface area contributed by atoms with Gasteiger partial charge in [-0.25, -0.2) is 8.42 Å². The summed E-state index contributed by atoms with van der Waals surface area (Å²) in [4.78, 5) is 12.7. The number of aryl methyl sites for hydroxylation is 2. The number of amides is 1. The summed E-state index contributed by atoms with van der Waals surface area (Å²) in [6.45, 7) is 6.40. The number of anilines is 1. The second kappa shape index (κ2) is 9.66. The molecular weight excluding hydrogens is 412 g/mol. The Balaban J connectivity index is 1.75. The van der Waals surface area contributed by atoms with E-state index >= 15 is 0 Å². The van der Waals surface area contributed by atoms with Crippen LogP contribution in [0, 0.1) is 13.8 Å². The summed E-state index contributed by atoms with van der Waals surface area (Å²) < 4.78 is 33.9. The summed E-state index contributed by atoms with van der Waals surface area (Å²) in [6, 6.07) is 19.2. The third-order valence-corrected chi connectivity index (χ3v) is 6.23. The van der Waals surface area contributed by atoms with Gasteiger partial charge in [0.15, 0.2) is 0 Å². The predicted octanol–water partition coefficient (Wildman–Crippen LogP) is 4.43. The molecule has 3 aromatic carbocycles. The molecule has 6 nitrogen and oxygen atoms in total. The van der Waals surface area contributed by atoms with Gasteiger partial charge < -0.3 is 10.1 Å². The molecule has 0 aliphatic carbocycles. The molecule has 0 heterocycles. The maximum absolute atomic E-state index is 12.9. The van der Waals surface area contributed by atoms with E-state index in [1.165, 1.54) is 6.07 Å². The smallest absolute Gasteiger partial charge is 0.262 e. The summed E-state index contributed by atoms with van der Waals surface area (Å²) >= 11 is 0. The van der Waals surface area contributed by atoms with Gasteiger partial charge in [0.25, 0.3) is 15.9 Å². The first-order chi connectivity index (χ1) is 14.8. The van der Waals surface area contributed by atoms with Crippen LogP contribution in [-0.4, -0.2) is 20.9 Å². The molecule has 0 aliphatic rings. The average Bonchev–Trinajstić information content (AvgIpc) is 2.74. The van der Waals surface area contributed by atoms with Gasteiger partial charge in [-0.1, -0.05) is 35.9 Å². The molecule has 0 radical (unpaired) electrons. The average molecular weight is 439 g/mol. The molecule has 0 saturated carbocycles. The molecular formula is C24H26N2O4S. The van der Waals surface area contributed by atoms with Gasteiger partial charge in [0.2, 0.25) is 0 Å². The van der Waals surface area contributed by atoms with Gasteiger partial charge in [0.05, 0.1) is 11.5 Å². The van der Waals surface area contributed by atoms with Gasteiger partial charge in [-0.2, -0.15) is 0 Å². The number of carbonyl (C=O) groups is 1. The highest BCUT2D eigenvalue weighted by Gasteiger charge is 2.19. The van der Waals surface area contributed by atoms with Crippen molar-refractivity contribution in [1.29, 1.82) is 0 Å². The third kappa shape index (κ3) is 5.86. The van der Waals surface area contributed by atoms with Gasteiger partial charge in [0.1, 0.15) is 5.75 Å². The summed E-state index contributed by atoms with van der Waals surface area (Å²) in [6.07, 6.45) is 0. The molecule has 31 heavy (non-hydrogen) atoms. The van der Waals surface area contributed by atoms with Crippen LogP contribution in [0.5, 0.6) is 5.75 Å². The standard InChI is InChI=1S/C24H26N2O4S/c1-4-30-22-7-5-6-19(14-22)16-25-24(27)20-11-10-18(3)23(15-20)31(28,29)26-21-12-8-17(2)9-13-21/h5-15,26H,4,16H2,1-3H3,(H,25,27). The Bertz CT molecular complexity index is 1170. The van der Waals surface area contributed by atoms with Crippen LogP contribution in [0.25, 0.3) is 0 Å². The van der Waals surface area contributed by atoms with Crippen molar-refractivity contribution in [3.8, 4) is 5.75 Å². The van der Waals surface area contributed by atoms with Gasteiger partial charge in [0, 0.05) is 17.8 Å². The first-order valence-electron chi connectivity index (χ1n) is 9.98. The van der Waals surface area contributed by atoms with E-state index in [4.69, 9.17) is 4.74 Å². The van der Waals surface area contributed by atoms with Crippen LogP contribution < -0.4 is 14.8 Å². The Kier molecular flexibility index (Phi) is 6.97. The lowest BCUT2D eigenvalue weighted by Gasteiger charge is -2.13. The van der Waals surface area contributed by atoms with Crippen molar-refractivity contribution in [2.45, 2.75) is 32.2 Å². The first-order valence-corrected chi connectivity index (χ1v) is 11.5.